The van der Waals surface area contributed by atoms with Crippen LogP contribution in [0.2, 0.25) is 0 Å². The van der Waals surface area contributed by atoms with Crippen molar-refractivity contribution in [1.29, 1.82) is 0 Å². The van der Waals surface area contributed by atoms with Crippen molar-refractivity contribution >= 4 is 12.4 Å². The van der Waals surface area contributed by atoms with Crippen molar-refractivity contribution in [2.24, 2.45) is 5.73 Å². The van der Waals surface area contributed by atoms with Crippen LogP contribution >= 0.6 is 12.4 Å². The molecule has 6 heteroatoms. The van der Waals surface area contributed by atoms with Gasteiger partial charge in [-0.1, -0.05) is 42.5 Å². The zero-order chi connectivity index (χ0) is 15.2. The van der Waals surface area contributed by atoms with E-state index in [9.17, 15) is 0 Å². The molecule has 0 unspecified atom stereocenters. The van der Waals surface area contributed by atoms with E-state index < -0.39 is 0 Å². The number of hydrogen-bond acceptors (Lipinski definition) is 4. The highest BCUT2D eigenvalue weighted by Crippen LogP contribution is 2.17. The molecule has 0 radical (unpaired) electrons. The molecule has 0 aliphatic heterocycles. The van der Waals surface area contributed by atoms with E-state index in [0.29, 0.717) is 18.9 Å². The van der Waals surface area contributed by atoms with Crippen LogP contribution in [0.4, 0.5) is 0 Å². The highest BCUT2D eigenvalue weighted by Gasteiger charge is 2.09. The third-order valence-electron chi connectivity index (χ3n) is 3.41. The summed E-state index contributed by atoms with van der Waals surface area (Å²) in [5.74, 6) is 1.55. The van der Waals surface area contributed by atoms with Crippen LogP contribution in [0.3, 0.4) is 0 Å². The average molecular weight is 331 g/mol. The summed E-state index contributed by atoms with van der Waals surface area (Å²) in [5.41, 5.74) is 8.37. The van der Waals surface area contributed by atoms with Crippen molar-refractivity contribution in [3.05, 3.63) is 77.9 Å². The van der Waals surface area contributed by atoms with Crippen LogP contribution in [-0.4, -0.2) is 15.2 Å². The van der Waals surface area contributed by atoms with E-state index in [2.05, 4.69) is 15.2 Å². The molecular weight excluding hydrogens is 312 g/mol. The number of nitrogens with two attached hydrogens (primary N) is 1. The van der Waals surface area contributed by atoms with Gasteiger partial charge in [0.1, 0.15) is 24.5 Å². The Hall–Kier alpha value is -2.37. The Morgan fingerprint density at radius 2 is 1.74 bits per heavy atom. The molecule has 2 aromatic carbocycles. The Balaban J connectivity index is 0.00000192. The lowest BCUT2D eigenvalue weighted by atomic mass is 10.1. The molecule has 1 aromatic heterocycles. The van der Waals surface area contributed by atoms with Gasteiger partial charge in [0.2, 0.25) is 0 Å². The molecule has 0 aliphatic rings. The molecule has 0 saturated carbocycles. The van der Waals surface area contributed by atoms with Crippen LogP contribution in [0.15, 0.2) is 60.9 Å². The number of benzene rings is 2. The van der Waals surface area contributed by atoms with E-state index in [0.717, 1.165) is 16.9 Å². The molecule has 120 valence electrons. The maximum absolute atomic E-state index is 6.08. The summed E-state index contributed by atoms with van der Waals surface area (Å²) < 4.78 is 5.76. The first-order valence-electron chi connectivity index (χ1n) is 7.18. The van der Waals surface area contributed by atoms with Crippen LogP contribution in [-0.2, 0) is 13.0 Å². The molecular formula is C17H19ClN4O. The zero-order valence-electron chi connectivity index (χ0n) is 12.6. The van der Waals surface area contributed by atoms with Gasteiger partial charge >= 0.3 is 0 Å². The number of halogens is 1. The number of rotatable bonds is 6. The second-order valence-electron chi connectivity index (χ2n) is 5.10. The summed E-state index contributed by atoms with van der Waals surface area (Å²) in [7, 11) is 0. The van der Waals surface area contributed by atoms with Gasteiger partial charge < -0.3 is 10.5 Å². The molecule has 0 aliphatic carbocycles. The smallest absolute Gasteiger partial charge is 0.141 e. The minimum absolute atomic E-state index is 0. The van der Waals surface area contributed by atoms with E-state index in [1.807, 2.05) is 54.6 Å². The van der Waals surface area contributed by atoms with E-state index in [1.54, 1.807) is 0 Å². The number of H-pyrrole nitrogens is 1. The predicted octanol–water partition coefficient (Wildman–Crippen LogP) is 3.05. The highest BCUT2D eigenvalue weighted by atomic mass is 35.5. The van der Waals surface area contributed by atoms with Gasteiger partial charge in [0.05, 0.1) is 6.04 Å². The monoisotopic (exact) mass is 330 g/mol. The minimum Gasteiger partial charge on any atom is -0.489 e. The predicted molar refractivity (Wildman–Crippen MR) is 91.5 cm³/mol. The number of aromatic nitrogens is 3. The quantitative estimate of drug-likeness (QED) is 0.728. The molecule has 1 heterocycles. The summed E-state index contributed by atoms with van der Waals surface area (Å²) in [4.78, 5) is 4.08. The number of nitrogens with one attached hydrogen (secondary N) is 1. The molecule has 0 saturated heterocycles. The van der Waals surface area contributed by atoms with Gasteiger partial charge in [-0.25, -0.2) is 4.98 Å². The molecule has 3 rings (SSSR count). The SMILES string of the molecule is Cl.N[C@@H](Cc1ccc(OCc2ccccc2)cc1)c1ncn[nH]1. The Bertz CT molecular complexity index is 686. The van der Waals surface area contributed by atoms with Crippen LogP contribution in [0, 0.1) is 0 Å². The first kappa shape index (κ1) is 17.0. The second-order valence-corrected chi connectivity index (χ2v) is 5.10. The third-order valence-corrected chi connectivity index (χ3v) is 3.41. The second kappa shape index (κ2) is 8.31. The normalized spacial score (nSPS) is 11.5. The fourth-order valence-electron chi connectivity index (χ4n) is 2.21. The Kier molecular flexibility index (Phi) is 6.14. The lowest BCUT2D eigenvalue weighted by Crippen LogP contribution is -2.15. The van der Waals surface area contributed by atoms with Gasteiger partial charge in [-0.2, -0.15) is 5.10 Å². The van der Waals surface area contributed by atoms with Crippen molar-refractivity contribution < 1.29 is 4.74 Å². The van der Waals surface area contributed by atoms with Crippen LogP contribution in [0.5, 0.6) is 5.75 Å². The fourth-order valence-corrected chi connectivity index (χ4v) is 2.21. The molecule has 0 fully saturated rings. The highest BCUT2D eigenvalue weighted by molar-refractivity contribution is 5.85. The number of aromatic amines is 1. The zero-order valence-corrected chi connectivity index (χ0v) is 13.4. The molecule has 0 spiro atoms. The van der Waals surface area contributed by atoms with Gasteiger partial charge in [-0.3, -0.25) is 5.10 Å². The van der Waals surface area contributed by atoms with Crippen LogP contribution < -0.4 is 10.5 Å². The largest absolute Gasteiger partial charge is 0.489 e. The van der Waals surface area contributed by atoms with Crippen molar-refractivity contribution in [2.45, 2.75) is 19.1 Å². The first-order chi connectivity index (χ1) is 10.8. The van der Waals surface area contributed by atoms with Crippen molar-refractivity contribution in [3.8, 4) is 5.75 Å². The van der Waals surface area contributed by atoms with E-state index in [-0.39, 0.29) is 18.4 Å². The standard InChI is InChI=1S/C17H18N4O.ClH/c18-16(17-19-12-20-21-17)10-13-6-8-15(9-7-13)22-11-14-4-2-1-3-5-14;/h1-9,12,16H,10-11,18H2,(H,19,20,21);1H/t16-;/m0./s1. The molecule has 0 amide bonds. The number of nitrogens with zero attached hydrogens (tertiary/aromatic N) is 2. The summed E-state index contributed by atoms with van der Waals surface area (Å²) in [6.07, 6.45) is 2.17. The lowest BCUT2D eigenvalue weighted by molar-refractivity contribution is 0.306. The van der Waals surface area contributed by atoms with E-state index in [1.165, 1.54) is 6.33 Å². The summed E-state index contributed by atoms with van der Waals surface area (Å²) in [6, 6.07) is 17.9. The van der Waals surface area contributed by atoms with Gasteiger partial charge in [-0.05, 0) is 29.7 Å². The third kappa shape index (κ3) is 4.81. The van der Waals surface area contributed by atoms with E-state index in [4.69, 9.17) is 10.5 Å². The maximum atomic E-state index is 6.08. The average Bonchev–Trinajstić information content (AvgIpc) is 3.10. The topological polar surface area (TPSA) is 76.8 Å². The summed E-state index contributed by atoms with van der Waals surface area (Å²) >= 11 is 0. The van der Waals surface area contributed by atoms with Crippen molar-refractivity contribution in [3.63, 3.8) is 0 Å². The van der Waals surface area contributed by atoms with Gasteiger partial charge in [0.25, 0.3) is 0 Å². The first-order valence-corrected chi connectivity index (χ1v) is 7.18. The Morgan fingerprint density at radius 3 is 2.39 bits per heavy atom. The molecule has 1 atom stereocenters. The molecule has 3 N–H and O–H groups in total. The minimum atomic E-state index is -0.182. The number of ether oxygens (including phenoxy) is 1. The van der Waals surface area contributed by atoms with Gasteiger partial charge in [-0.15, -0.1) is 12.4 Å². The van der Waals surface area contributed by atoms with Crippen molar-refractivity contribution in [2.75, 3.05) is 0 Å². The molecule has 23 heavy (non-hydrogen) atoms. The fraction of sp³-hybridized carbons (Fsp3) is 0.176. The summed E-state index contributed by atoms with van der Waals surface area (Å²) in [6.45, 7) is 0.567. The van der Waals surface area contributed by atoms with Gasteiger partial charge in [0.15, 0.2) is 0 Å². The Morgan fingerprint density at radius 1 is 1.00 bits per heavy atom. The summed E-state index contributed by atoms with van der Waals surface area (Å²) in [5, 5.41) is 6.61. The van der Waals surface area contributed by atoms with E-state index >= 15 is 0 Å². The van der Waals surface area contributed by atoms with Crippen molar-refractivity contribution in [1.82, 2.24) is 15.2 Å². The van der Waals surface area contributed by atoms with Crippen LogP contribution in [0.25, 0.3) is 0 Å². The molecule has 0 bridgehead atoms. The molecule has 5 nitrogen and oxygen atoms in total. The number of hydrogen-bond donors (Lipinski definition) is 2. The maximum Gasteiger partial charge on any atom is 0.141 e. The lowest BCUT2D eigenvalue weighted by Gasteiger charge is -2.10. The van der Waals surface area contributed by atoms with Crippen LogP contribution in [0.1, 0.15) is 23.0 Å². The Labute approximate surface area is 141 Å². The van der Waals surface area contributed by atoms with Gasteiger partial charge in [0, 0.05) is 0 Å². The molecule has 3 aromatic rings.